The minimum atomic E-state index is -0.140. The van der Waals surface area contributed by atoms with Crippen molar-refractivity contribution in [2.24, 2.45) is 5.92 Å². The highest BCUT2D eigenvalue weighted by Gasteiger charge is 2.21. The molecule has 0 radical (unpaired) electrons. The lowest BCUT2D eigenvalue weighted by atomic mass is 9.99. The van der Waals surface area contributed by atoms with Gasteiger partial charge < -0.3 is 10.1 Å². The second kappa shape index (κ2) is 9.46. The molecule has 3 nitrogen and oxygen atoms in total. The van der Waals surface area contributed by atoms with Crippen molar-refractivity contribution in [3.05, 3.63) is 0 Å². The van der Waals surface area contributed by atoms with E-state index in [9.17, 15) is 4.79 Å². The van der Waals surface area contributed by atoms with Crippen LogP contribution < -0.4 is 5.32 Å². The summed E-state index contributed by atoms with van der Waals surface area (Å²) in [5.41, 5.74) is 0. The third kappa shape index (κ3) is 7.37. The van der Waals surface area contributed by atoms with Crippen molar-refractivity contribution in [2.75, 3.05) is 6.61 Å². The van der Waals surface area contributed by atoms with Crippen molar-refractivity contribution < 1.29 is 9.53 Å². The molecule has 0 bridgehead atoms. The van der Waals surface area contributed by atoms with Crippen LogP contribution in [-0.2, 0) is 9.53 Å². The molecule has 0 aliphatic rings. The van der Waals surface area contributed by atoms with E-state index in [0.29, 0.717) is 18.6 Å². The van der Waals surface area contributed by atoms with Crippen molar-refractivity contribution in [3.63, 3.8) is 0 Å². The first kappa shape index (κ1) is 16.4. The quantitative estimate of drug-likeness (QED) is 0.632. The van der Waals surface area contributed by atoms with Gasteiger partial charge >= 0.3 is 5.97 Å². The van der Waals surface area contributed by atoms with Gasteiger partial charge in [-0.1, -0.05) is 33.6 Å². The van der Waals surface area contributed by atoms with E-state index in [1.165, 1.54) is 6.42 Å². The van der Waals surface area contributed by atoms with Gasteiger partial charge in [0.1, 0.15) is 6.04 Å². The molecule has 0 aromatic heterocycles. The van der Waals surface area contributed by atoms with Gasteiger partial charge in [-0.15, -0.1) is 0 Å². The predicted octanol–water partition coefficient (Wildman–Crippen LogP) is 3.13. The lowest BCUT2D eigenvalue weighted by Gasteiger charge is -2.23. The van der Waals surface area contributed by atoms with Crippen LogP contribution in [0.1, 0.15) is 60.3 Å². The molecule has 3 unspecified atom stereocenters. The Morgan fingerprint density at radius 3 is 2.35 bits per heavy atom. The third-order valence-corrected chi connectivity index (χ3v) is 3.09. The fraction of sp³-hybridized carbons (Fsp3) is 0.929. The van der Waals surface area contributed by atoms with Gasteiger partial charge in [-0.25, -0.2) is 0 Å². The summed E-state index contributed by atoms with van der Waals surface area (Å²) in [5.74, 6) is 0.590. The van der Waals surface area contributed by atoms with Crippen LogP contribution in [0.4, 0.5) is 0 Å². The molecule has 0 amide bonds. The van der Waals surface area contributed by atoms with Crippen molar-refractivity contribution in [2.45, 2.75) is 72.4 Å². The van der Waals surface area contributed by atoms with Crippen molar-refractivity contribution in [1.29, 1.82) is 0 Å². The molecule has 0 aromatic rings. The van der Waals surface area contributed by atoms with Gasteiger partial charge in [0.05, 0.1) is 6.61 Å². The van der Waals surface area contributed by atoms with Gasteiger partial charge in [0, 0.05) is 6.04 Å². The Morgan fingerprint density at radius 2 is 1.88 bits per heavy atom. The molecule has 0 rings (SSSR count). The number of carbonyl (C=O) groups excluding carboxylic acids is 1. The fourth-order valence-corrected chi connectivity index (χ4v) is 1.98. The van der Waals surface area contributed by atoms with Gasteiger partial charge in [-0.2, -0.15) is 0 Å². The van der Waals surface area contributed by atoms with E-state index in [-0.39, 0.29) is 12.0 Å². The van der Waals surface area contributed by atoms with E-state index in [1.807, 2.05) is 6.92 Å². The second-order valence-electron chi connectivity index (χ2n) is 4.91. The van der Waals surface area contributed by atoms with Crippen molar-refractivity contribution in [1.82, 2.24) is 5.32 Å². The van der Waals surface area contributed by atoms with Crippen LogP contribution in [0.5, 0.6) is 0 Å². The lowest BCUT2D eigenvalue weighted by Crippen LogP contribution is -2.43. The number of hydrogen-bond donors (Lipinski definition) is 1. The number of esters is 1. The maximum Gasteiger partial charge on any atom is 0.323 e. The van der Waals surface area contributed by atoms with Gasteiger partial charge in [0.2, 0.25) is 0 Å². The maximum atomic E-state index is 11.7. The third-order valence-electron chi connectivity index (χ3n) is 3.09. The average Bonchev–Trinajstić information content (AvgIpc) is 2.28. The Kier molecular flexibility index (Phi) is 9.14. The monoisotopic (exact) mass is 243 g/mol. The molecule has 0 aliphatic heterocycles. The van der Waals surface area contributed by atoms with E-state index in [4.69, 9.17) is 4.74 Å². The Bertz CT molecular complexity index is 206. The fourth-order valence-electron chi connectivity index (χ4n) is 1.98. The summed E-state index contributed by atoms with van der Waals surface area (Å²) in [4.78, 5) is 11.7. The van der Waals surface area contributed by atoms with E-state index in [2.05, 4.69) is 33.0 Å². The molecule has 3 atom stereocenters. The van der Waals surface area contributed by atoms with E-state index < -0.39 is 0 Å². The Labute approximate surface area is 106 Å². The molecule has 0 saturated heterocycles. The minimum absolute atomic E-state index is 0.106. The maximum absolute atomic E-state index is 11.7. The summed E-state index contributed by atoms with van der Waals surface area (Å²) in [6, 6.07) is 0.227. The van der Waals surface area contributed by atoms with Gasteiger partial charge in [0.25, 0.3) is 0 Å². The Hall–Kier alpha value is -0.570. The van der Waals surface area contributed by atoms with Crippen molar-refractivity contribution >= 4 is 5.97 Å². The highest BCUT2D eigenvalue weighted by Crippen LogP contribution is 2.11. The average molecular weight is 243 g/mol. The summed E-state index contributed by atoms with van der Waals surface area (Å²) in [5, 5.41) is 3.39. The zero-order valence-electron chi connectivity index (χ0n) is 12.1. The van der Waals surface area contributed by atoms with E-state index in [0.717, 1.165) is 19.3 Å². The zero-order chi connectivity index (χ0) is 13.3. The minimum Gasteiger partial charge on any atom is -0.465 e. The van der Waals surface area contributed by atoms with Gasteiger partial charge in [-0.05, 0) is 32.6 Å². The number of carbonyl (C=O) groups is 1. The van der Waals surface area contributed by atoms with Crippen LogP contribution in [0.3, 0.4) is 0 Å². The summed E-state index contributed by atoms with van der Waals surface area (Å²) in [7, 11) is 0. The molecular formula is C14H29NO2. The van der Waals surface area contributed by atoms with Crippen LogP contribution in [-0.4, -0.2) is 24.7 Å². The first-order chi connectivity index (χ1) is 8.04. The van der Waals surface area contributed by atoms with E-state index >= 15 is 0 Å². The SMILES string of the molecule is CCCC(NC(C)CC(C)CC)C(=O)OCC. The smallest absolute Gasteiger partial charge is 0.323 e. The molecule has 0 saturated carbocycles. The number of hydrogen-bond acceptors (Lipinski definition) is 3. The summed E-state index contributed by atoms with van der Waals surface area (Å²) >= 11 is 0. The summed E-state index contributed by atoms with van der Waals surface area (Å²) in [6.07, 6.45) is 4.14. The Balaban J connectivity index is 4.18. The summed E-state index contributed by atoms with van der Waals surface area (Å²) in [6.45, 7) is 11.0. The standard InChI is InChI=1S/C14H29NO2/c1-6-9-13(14(16)17-8-3)15-12(5)10-11(4)7-2/h11-13,15H,6-10H2,1-5H3. The topological polar surface area (TPSA) is 38.3 Å². The molecule has 3 heteroatoms. The van der Waals surface area contributed by atoms with Crippen LogP contribution in [0.15, 0.2) is 0 Å². The highest BCUT2D eigenvalue weighted by atomic mass is 16.5. The molecule has 0 aromatic carbocycles. The number of rotatable bonds is 9. The van der Waals surface area contributed by atoms with Crippen LogP contribution in [0.25, 0.3) is 0 Å². The normalized spacial score (nSPS) is 16.3. The van der Waals surface area contributed by atoms with Crippen molar-refractivity contribution in [3.8, 4) is 0 Å². The molecular weight excluding hydrogens is 214 g/mol. The Morgan fingerprint density at radius 1 is 1.24 bits per heavy atom. The molecule has 0 heterocycles. The first-order valence-corrected chi connectivity index (χ1v) is 6.97. The van der Waals surface area contributed by atoms with E-state index in [1.54, 1.807) is 0 Å². The largest absolute Gasteiger partial charge is 0.465 e. The molecule has 0 spiro atoms. The molecule has 0 fully saturated rings. The molecule has 102 valence electrons. The second-order valence-corrected chi connectivity index (χ2v) is 4.91. The highest BCUT2D eigenvalue weighted by molar-refractivity contribution is 5.75. The number of ether oxygens (including phenoxy) is 1. The summed E-state index contributed by atoms with van der Waals surface area (Å²) < 4.78 is 5.09. The van der Waals surface area contributed by atoms with Gasteiger partial charge in [0.15, 0.2) is 0 Å². The van der Waals surface area contributed by atoms with Crippen LogP contribution in [0, 0.1) is 5.92 Å². The van der Waals surface area contributed by atoms with Crippen LogP contribution >= 0.6 is 0 Å². The van der Waals surface area contributed by atoms with Crippen LogP contribution in [0.2, 0.25) is 0 Å². The molecule has 0 aliphatic carbocycles. The number of nitrogens with one attached hydrogen (secondary N) is 1. The van der Waals surface area contributed by atoms with Gasteiger partial charge in [-0.3, -0.25) is 4.79 Å². The zero-order valence-corrected chi connectivity index (χ0v) is 12.1. The molecule has 17 heavy (non-hydrogen) atoms. The lowest BCUT2D eigenvalue weighted by molar-refractivity contribution is -0.146. The predicted molar refractivity (Wildman–Crippen MR) is 72.0 cm³/mol. The first-order valence-electron chi connectivity index (χ1n) is 6.97. The molecule has 1 N–H and O–H groups in total.